The standard InChI is InChI=1S/C8H10FNO2S.ClH/c1-13(11,12)8-4-7(9)3-2-6(8)5-10;/h2-4H,5,10H2,1H3;1H. The van der Waals surface area contributed by atoms with Crippen molar-refractivity contribution in [2.24, 2.45) is 0 Å². The highest BCUT2D eigenvalue weighted by atomic mass is 35.5. The molecule has 14 heavy (non-hydrogen) atoms. The van der Waals surface area contributed by atoms with E-state index in [4.69, 9.17) is 0 Å². The van der Waals surface area contributed by atoms with Gasteiger partial charge in [0.05, 0.1) is 4.90 Å². The van der Waals surface area contributed by atoms with Crippen LogP contribution in [0.5, 0.6) is 0 Å². The van der Waals surface area contributed by atoms with Gasteiger partial charge in [-0.3, -0.25) is 0 Å². The Morgan fingerprint density at radius 1 is 1.43 bits per heavy atom. The average molecular weight is 240 g/mol. The minimum absolute atomic E-state index is 0. The second-order valence-corrected chi connectivity index (χ2v) is 4.76. The Morgan fingerprint density at radius 3 is 2.43 bits per heavy atom. The van der Waals surface area contributed by atoms with E-state index in [1.54, 1.807) is 0 Å². The molecule has 80 valence electrons. The predicted octanol–water partition coefficient (Wildman–Crippen LogP) is -3.02. The van der Waals surface area contributed by atoms with Crippen LogP contribution in [0.2, 0.25) is 0 Å². The minimum atomic E-state index is -3.35. The molecule has 0 aliphatic rings. The lowest BCUT2D eigenvalue weighted by Crippen LogP contribution is -3.00. The van der Waals surface area contributed by atoms with Crippen molar-refractivity contribution >= 4 is 9.84 Å². The predicted molar refractivity (Wildman–Crippen MR) is 46.1 cm³/mol. The van der Waals surface area contributed by atoms with Crippen molar-refractivity contribution in [1.82, 2.24) is 0 Å². The van der Waals surface area contributed by atoms with Crippen molar-refractivity contribution in [3.63, 3.8) is 0 Å². The van der Waals surface area contributed by atoms with Crippen LogP contribution >= 0.6 is 0 Å². The van der Waals surface area contributed by atoms with E-state index < -0.39 is 15.7 Å². The molecular formula is C8H11ClFNO2S. The Hall–Kier alpha value is -0.650. The van der Waals surface area contributed by atoms with Gasteiger partial charge in [0.25, 0.3) is 0 Å². The topological polar surface area (TPSA) is 61.8 Å². The van der Waals surface area contributed by atoms with Crippen LogP contribution < -0.4 is 18.1 Å². The summed E-state index contributed by atoms with van der Waals surface area (Å²) < 4.78 is 35.1. The molecule has 3 nitrogen and oxygen atoms in total. The maximum Gasteiger partial charge on any atom is 0.176 e. The summed E-state index contributed by atoms with van der Waals surface area (Å²) in [6.07, 6.45) is 1.06. The van der Waals surface area contributed by atoms with Crippen molar-refractivity contribution in [3.8, 4) is 0 Å². The summed E-state index contributed by atoms with van der Waals surface area (Å²) in [4.78, 5) is 0.0301. The molecule has 0 radical (unpaired) electrons. The molecule has 1 aromatic rings. The molecule has 0 aliphatic carbocycles. The molecule has 6 heteroatoms. The Kier molecular flexibility index (Phi) is 4.51. The molecule has 0 saturated heterocycles. The van der Waals surface area contributed by atoms with Crippen LogP contribution in [-0.4, -0.2) is 14.7 Å². The van der Waals surface area contributed by atoms with Gasteiger partial charge in [0, 0.05) is 11.8 Å². The van der Waals surface area contributed by atoms with E-state index in [0.717, 1.165) is 12.3 Å². The van der Waals surface area contributed by atoms with E-state index in [1.807, 2.05) is 0 Å². The highest BCUT2D eigenvalue weighted by molar-refractivity contribution is 7.90. The zero-order valence-corrected chi connectivity index (χ0v) is 9.20. The van der Waals surface area contributed by atoms with Gasteiger partial charge in [-0.2, -0.15) is 0 Å². The fourth-order valence-electron chi connectivity index (χ4n) is 1.08. The highest BCUT2D eigenvalue weighted by Gasteiger charge is 2.13. The number of sulfone groups is 1. The van der Waals surface area contributed by atoms with Crippen LogP contribution in [0.25, 0.3) is 0 Å². The van der Waals surface area contributed by atoms with Gasteiger partial charge in [-0.1, -0.05) is 0 Å². The minimum Gasteiger partial charge on any atom is -1.00 e. The molecule has 1 rings (SSSR count). The summed E-state index contributed by atoms with van der Waals surface area (Å²) in [5.74, 6) is -0.544. The molecule has 0 unspecified atom stereocenters. The van der Waals surface area contributed by atoms with E-state index >= 15 is 0 Å². The van der Waals surface area contributed by atoms with E-state index in [9.17, 15) is 12.8 Å². The number of halogens is 2. The van der Waals surface area contributed by atoms with E-state index in [0.29, 0.717) is 12.1 Å². The number of hydrogen-bond acceptors (Lipinski definition) is 2. The van der Waals surface area contributed by atoms with Crippen molar-refractivity contribution in [2.45, 2.75) is 11.4 Å². The summed E-state index contributed by atoms with van der Waals surface area (Å²) in [6, 6.07) is 3.70. The van der Waals surface area contributed by atoms with Crippen molar-refractivity contribution < 1.29 is 30.9 Å². The number of benzene rings is 1. The van der Waals surface area contributed by atoms with Crippen LogP contribution in [0.3, 0.4) is 0 Å². The molecule has 0 aromatic heterocycles. The van der Waals surface area contributed by atoms with Gasteiger partial charge in [0.15, 0.2) is 9.84 Å². The largest absolute Gasteiger partial charge is 1.00 e. The third-order valence-corrected chi connectivity index (χ3v) is 2.88. The second-order valence-electron chi connectivity index (χ2n) is 2.77. The van der Waals surface area contributed by atoms with Gasteiger partial charge in [-0.25, -0.2) is 12.8 Å². The molecule has 0 amide bonds. The first-order valence-electron chi connectivity index (χ1n) is 3.73. The summed E-state index contributed by atoms with van der Waals surface area (Å²) in [5.41, 5.74) is 4.12. The van der Waals surface area contributed by atoms with Gasteiger partial charge in [-0.05, 0) is 18.2 Å². The van der Waals surface area contributed by atoms with Crippen molar-refractivity contribution in [1.29, 1.82) is 0 Å². The summed E-state index contributed by atoms with van der Waals surface area (Å²) in [7, 11) is -3.35. The number of quaternary nitrogens is 1. The van der Waals surface area contributed by atoms with Gasteiger partial charge < -0.3 is 18.1 Å². The lowest BCUT2D eigenvalue weighted by Gasteiger charge is -2.03. The van der Waals surface area contributed by atoms with Crippen LogP contribution in [0.4, 0.5) is 4.39 Å². The Bertz CT molecular complexity index is 419. The molecule has 0 spiro atoms. The molecule has 0 fully saturated rings. The van der Waals surface area contributed by atoms with Crippen molar-refractivity contribution in [2.75, 3.05) is 6.26 Å². The maximum atomic E-state index is 12.7. The quantitative estimate of drug-likeness (QED) is 0.597. The summed E-state index contributed by atoms with van der Waals surface area (Å²) in [5, 5.41) is 0. The first-order valence-corrected chi connectivity index (χ1v) is 5.62. The van der Waals surface area contributed by atoms with E-state index in [1.165, 1.54) is 12.1 Å². The molecule has 0 saturated carbocycles. The third kappa shape index (κ3) is 2.94. The Balaban J connectivity index is 0.00000169. The first kappa shape index (κ1) is 13.4. The average Bonchev–Trinajstić information content (AvgIpc) is 2.03. The van der Waals surface area contributed by atoms with Crippen LogP contribution in [0.1, 0.15) is 5.56 Å². The number of hydrogen-bond donors (Lipinski definition) is 1. The lowest BCUT2D eigenvalue weighted by molar-refractivity contribution is -0.387. The molecule has 0 aliphatic heterocycles. The monoisotopic (exact) mass is 239 g/mol. The van der Waals surface area contributed by atoms with Gasteiger partial charge >= 0.3 is 0 Å². The lowest BCUT2D eigenvalue weighted by atomic mass is 10.2. The Morgan fingerprint density at radius 2 is 2.00 bits per heavy atom. The normalized spacial score (nSPS) is 10.8. The summed E-state index contributed by atoms with van der Waals surface area (Å²) in [6.45, 7) is 0.336. The second kappa shape index (κ2) is 4.72. The van der Waals surface area contributed by atoms with Crippen LogP contribution in [-0.2, 0) is 16.4 Å². The SMILES string of the molecule is CS(=O)(=O)c1cc(F)ccc1C[NH3+].[Cl-]. The molecule has 1 aromatic carbocycles. The zero-order chi connectivity index (χ0) is 10.1. The van der Waals surface area contributed by atoms with Crippen molar-refractivity contribution in [3.05, 3.63) is 29.6 Å². The molecule has 0 bridgehead atoms. The smallest absolute Gasteiger partial charge is 0.176 e. The highest BCUT2D eigenvalue weighted by Crippen LogP contribution is 2.15. The van der Waals surface area contributed by atoms with E-state index in [-0.39, 0.29) is 17.3 Å². The van der Waals surface area contributed by atoms with E-state index in [2.05, 4.69) is 5.73 Å². The molecule has 3 N–H and O–H groups in total. The molecular weight excluding hydrogens is 229 g/mol. The first-order chi connectivity index (χ1) is 5.95. The maximum absolute atomic E-state index is 12.7. The third-order valence-electron chi connectivity index (χ3n) is 1.70. The van der Waals surface area contributed by atoms with Gasteiger partial charge in [-0.15, -0.1) is 0 Å². The van der Waals surface area contributed by atoms with Gasteiger partial charge in [0.2, 0.25) is 0 Å². The van der Waals surface area contributed by atoms with Crippen LogP contribution in [0, 0.1) is 5.82 Å². The van der Waals surface area contributed by atoms with Gasteiger partial charge in [0.1, 0.15) is 12.4 Å². The fraction of sp³-hybridized carbons (Fsp3) is 0.250. The molecule has 0 atom stereocenters. The zero-order valence-electron chi connectivity index (χ0n) is 7.63. The Labute approximate surface area is 88.4 Å². The number of rotatable bonds is 2. The van der Waals surface area contributed by atoms with Crippen LogP contribution in [0.15, 0.2) is 23.1 Å². The molecule has 0 heterocycles. The fourth-order valence-corrected chi connectivity index (χ4v) is 2.05. The summed E-state index contributed by atoms with van der Waals surface area (Å²) >= 11 is 0.